The van der Waals surface area contributed by atoms with Crippen LogP contribution >= 0.6 is 0 Å². The first kappa shape index (κ1) is 12.2. The Morgan fingerprint density at radius 2 is 1.89 bits per heavy atom. The fourth-order valence-electron chi connectivity index (χ4n) is 2.43. The largest absolute Gasteiger partial charge is 0.394 e. The molecule has 19 heavy (non-hydrogen) atoms. The van der Waals surface area contributed by atoms with Crippen molar-refractivity contribution < 1.29 is 9.90 Å². The van der Waals surface area contributed by atoms with Gasteiger partial charge in [-0.1, -0.05) is 42.5 Å². The average Bonchev–Trinajstić information content (AvgIpc) is 3.19. The van der Waals surface area contributed by atoms with Crippen LogP contribution in [-0.4, -0.2) is 23.2 Å². The van der Waals surface area contributed by atoms with Gasteiger partial charge in [0.2, 0.25) is 5.91 Å². The molecule has 3 nitrogen and oxygen atoms in total. The highest BCUT2D eigenvalue weighted by atomic mass is 16.3. The molecule has 1 amide bonds. The molecule has 98 valence electrons. The highest BCUT2D eigenvalue weighted by Crippen LogP contribution is 2.34. The van der Waals surface area contributed by atoms with Gasteiger partial charge in [-0.25, -0.2) is 0 Å². The van der Waals surface area contributed by atoms with Crippen LogP contribution in [0.25, 0.3) is 10.8 Å². The van der Waals surface area contributed by atoms with Crippen molar-refractivity contribution in [2.75, 3.05) is 6.61 Å². The molecule has 1 saturated carbocycles. The van der Waals surface area contributed by atoms with Gasteiger partial charge in [-0.15, -0.1) is 0 Å². The molecule has 0 saturated heterocycles. The van der Waals surface area contributed by atoms with Gasteiger partial charge in [0.25, 0.3) is 0 Å². The molecule has 2 N–H and O–H groups in total. The number of rotatable bonds is 4. The summed E-state index contributed by atoms with van der Waals surface area (Å²) < 4.78 is 0. The monoisotopic (exact) mass is 255 g/mol. The van der Waals surface area contributed by atoms with E-state index in [-0.39, 0.29) is 18.1 Å². The Morgan fingerprint density at radius 1 is 1.16 bits per heavy atom. The number of aliphatic hydroxyl groups excluding tert-OH is 1. The van der Waals surface area contributed by atoms with Crippen LogP contribution in [0.3, 0.4) is 0 Å². The average molecular weight is 255 g/mol. The first-order chi connectivity index (χ1) is 9.22. The maximum absolute atomic E-state index is 12.0. The minimum Gasteiger partial charge on any atom is -0.394 e. The fraction of sp³-hybridized carbons (Fsp3) is 0.312. The first-order valence-corrected chi connectivity index (χ1v) is 6.61. The molecule has 2 aromatic rings. The zero-order chi connectivity index (χ0) is 13.3. The third-order valence-electron chi connectivity index (χ3n) is 3.79. The van der Waals surface area contributed by atoms with Gasteiger partial charge in [0.05, 0.1) is 18.6 Å². The summed E-state index contributed by atoms with van der Waals surface area (Å²) in [6.07, 6.45) is 2.12. The van der Waals surface area contributed by atoms with E-state index >= 15 is 0 Å². The van der Waals surface area contributed by atoms with E-state index in [2.05, 4.69) is 5.32 Å². The van der Waals surface area contributed by atoms with E-state index in [1.165, 1.54) is 0 Å². The van der Waals surface area contributed by atoms with Crippen molar-refractivity contribution in [2.45, 2.75) is 24.8 Å². The molecule has 0 radical (unpaired) electrons. The maximum atomic E-state index is 12.0. The van der Waals surface area contributed by atoms with Crippen LogP contribution in [0.2, 0.25) is 0 Å². The zero-order valence-corrected chi connectivity index (χ0v) is 10.7. The van der Waals surface area contributed by atoms with Crippen LogP contribution in [-0.2, 0) is 11.2 Å². The zero-order valence-electron chi connectivity index (χ0n) is 10.7. The van der Waals surface area contributed by atoms with Crippen molar-refractivity contribution in [1.29, 1.82) is 0 Å². The van der Waals surface area contributed by atoms with E-state index in [9.17, 15) is 9.90 Å². The summed E-state index contributed by atoms with van der Waals surface area (Å²) in [4.78, 5) is 12.0. The second-order valence-corrected chi connectivity index (χ2v) is 5.30. The molecule has 1 fully saturated rings. The minimum atomic E-state index is -0.332. The molecule has 1 aliphatic carbocycles. The van der Waals surface area contributed by atoms with Gasteiger partial charge < -0.3 is 10.4 Å². The standard InChI is InChI=1S/C16H17NO2/c18-11-16(8-9-16)17-15(19)10-13-6-3-5-12-4-1-2-7-14(12)13/h1-7,18H,8-11H2,(H,17,19). The molecule has 3 rings (SSSR count). The fourth-order valence-corrected chi connectivity index (χ4v) is 2.43. The van der Waals surface area contributed by atoms with Gasteiger partial charge in [0.1, 0.15) is 0 Å². The third-order valence-corrected chi connectivity index (χ3v) is 3.79. The number of amides is 1. The predicted molar refractivity (Wildman–Crippen MR) is 74.8 cm³/mol. The van der Waals surface area contributed by atoms with E-state index in [1.807, 2.05) is 42.5 Å². The number of benzene rings is 2. The van der Waals surface area contributed by atoms with Crippen LogP contribution in [0, 0.1) is 0 Å². The van der Waals surface area contributed by atoms with Crippen molar-refractivity contribution in [3.63, 3.8) is 0 Å². The molecule has 0 heterocycles. The first-order valence-electron chi connectivity index (χ1n) is 6.61. The summed E-state index contributed by atoms with van der Waals surface area (Å²) in [5.74, 6) is -0.0112. The Morgan fingerprint density at radius 3 is 2.63 bits per heavy atom. The minimum absolute atomic E-state index is 0.0112. The number of fused-ring (bicyclic) bond motifs is 1. The van der Waals surface area contributed by atoms with E-state index < -0.39 is 0 Å². The Hall–Kier alpha value is -1.87. The quantitative estimate of drug-likeness (QED) is 0.878. The molecule has 0 bridgehead atoms. The lowest BCUT2D eigenvalue weighted by Crippen LogP contribution is -2.40. The van der Waals surface area contributed by atoms with Gasteiger partial charge in [-0.05, 0) is 29.2 Å². The van der Waals surface area contributed by atoms with Crippen LogP contribution in [0.5, 0.6) is 0 Å². The molecular weight excluding hydrogens is 238 g/mol. The van der Waals surface area contributed by atoms with Gasteiger partial charge in [-0.2, -0.15) is 0 Å². The number of carbonyl (C=O) groups excluding carboxylic acids is 1. The molecule has 1 aliphatic rings. The lowest BCUT2D eigenvalue weighted by molar-refractivity contribution is -0.121. The summed E-state index contributed by atoms with van der Waals surface area (Å²) >= 11 is 0. The second-order valence-electron chi connectivity index (χ2n) is 5.30. The molecule has 2 aromatic carbocycles. The summed E-state index contributed by atoms with van der Waals surface area (Å²) in [6.45, 7) is 0.0360. The number of aliphatic hydroxyl groups is 1. The van der Waals surface area contributed by atoms with E-state index in [0.717, 1.165) is 29.2 Å². The van der Waals surface area contributed by atoms with Crippen molar-refractivity contribution in [3.8, 4) is 0 Å². The van der Waals surface area contributed by atoms with Gasteiger partial charge in [-0.3, -0.25) is 4.79 Å². The molecule has 0 atom stereocenters. The van der Waals surface area contributed by atoms with E-state index in [4.69, 9.17) is 0 Å². The van der Waals surface area contributed by atoms with Crippen LogP contribution in [0.4, 0.5) is 0 Å². The SMILES string of the molecule is O=C(Cc1cccc2ccccc12)NC1(CO)CC1. The third kappa shape index (κ3) is 2.47. The normalized spacial score (nSPS) is 16.3. The van der Waals surface area contributed by atoms with Crippen LogP contribution in [0.15, 0.2) is 42.5 Å². The Balaban J connectivity index is 1.80. The number of hydrogen-bond donors (Lipinski definition) is 2. The van der Waals surface area contributed by atoms with Crippen molar-refractivity contribution in [1.82, 2.24) is 5.32 Å². The van der Waals surface area contributed by atoms with Crippen LogP contribution < -0.4 is 5.32 Å². The molecular formula is C16H17NO2. The van der Waals surface area contributed by atoms with Crippen LogP contribution in [0.1, 0.15) is 18.4 Å². The molecule has 0 unspecified atom stereocenters. The van der Waals surface area contributed by atoms with Crippen molar-refractivity contribution in [3.05, 3.63) is 48.0 Å². The maximum Gasteiger partial charge on any atom is 0.224 e. The Bertz CT molecular complexity index is 612. The highest BCUT2D eigenvalue weighted by Gasteiger charge is 2.43. The van der Waals surface area contributed by atoms with Crippen molar-refractivity contribution >= 4 is 16.7 Å². The second kappa shape index (κ2) is 4.67. The van der Waals surface area contributed by atoms with E-state index in [1.54, 1.807) is 0 Å². The Kier molecular flexibility index (Phi) is 2.99. The molecule has 0 aliphatic heterocycles. The summed E-state index contributed by atoms with van der Waals surface area (Å²) in [6, 6.07) is 14.1. The summed E-state index contributed by atoms with van der Waals surface area (Å²) in [7, 11) is 0. The number of hydrogen-bond acceptors (Lipinski definition) is 2. The summed E-state index contributed by atoms with van der Waals surface area (Å²) in [5.41, 5.74) is 0.700. The van der Waals surface area contributed by atoms with Gasteiger partial charge >= 0.3 is 0 Å². The highest BCUT2D eigenvalue weighted by molar-refractivity contribution is 5.90. The molecule has 0 aromatic heterocycles. The van der Waals surface area contributed by atoms with E-state index in [0.29, 0.717) is 6.42 Å². The topological polar surface area (TPSA) is 49.3 Å². The number of carbonyl (C=O) groups is 1. The molecule has 3 heteroatoms. The number of nitrogens with one attached hydrogen (secondary N) is 1. The summed E-state index contributed by atoms with van der Waals surface area (Å²) in [5, 5.41) is 14.4. The lowest BCUT2D eigenvalue weighted by atomic mass is 10.0. The Labute approximate surface area is 112 Å². The van der Waals surface area contributed by atoms with Gasteiger partial charge in [0.15, 0.2) is 0 Å². The van der Waals surface area contributed by atoms with Gasteiger partial charge in [0, 0.05) is 0 Å². The lowest BCUT2D eigenvalue weighted by Gasteiger charge is -2.14. The smallest absolute Gasteiger partial charge is 0.224 e. The van der Waals surface area contributed by atoms with Crippen molar-refractivity contribution in [2.24, 2.45) is 0 Å². The molecule has 0 spiro atoms. The predicted octanol–water partition coefficient (Wildman–Crippen LogP) is 2.02.